The first-order valence-corrected chi connectivity index (χ1v) is 6.69. The average Bonchev–Trinajstić information content (AvgIpc) is 2.53. The van der Waals surface area contributed by atoms with E-state index in [0.717, 1.165) is 17.8 Å². The van der Waals surface area contributed by atoms with Gasteiger partial charge in [0, 0.05) is 31.5 Å². The molecular formula is C15H18N4O2. The number of methoxy groups -OCH3 is 1. The number of aromatic nitrogens is 2. The van der Waals surface area contributed by atoms with Crippen LogP contribution in [-0.4, -0.2) is 29.5 Å². The smallest absolute Gasteiger partial charge is 0.253 e. The monoisotopic (exact) mass is 286 g/mol. The molecule has 0 bridgehead atoms. The van der Waals surface area contributed by atoms with Crippen LogP contribution >= 0.6 is 0 Å². The maximum atomic E-state index is 12.2. The summed E-state index contributed by atoms with van der Waals surface area (Å²) in [4.78, 5) is 20.3. The standard InChI is InChI=1S/C15H18N4O2/c1-3-17-13-10-16-6-5-12(13)15(20)19-9-11-4-7-18-14(8-11)21-2/h4-8,10,17H,3,9H2,1-2H3,(H,19,20). The first-order valence-electron chi connectivity index (χ1n) is 6.69. The molecule has 1 amide bonds. The molecule has 0 aliphatic rings. The van der Waals surface area contributed by atoms with Crippen LogP contribution in [0.1, 0.15) is 22.8 Å². The van der Waals surface area contributed by atoms with Gasteiger partial charge in [-0.05, 0) is 24.6 Å². The molecule has 21 heavy (non-hydrogen) atoms. The summed E-state index contributed by atoms with van der Waals surface area (Å²) in [5, 5.41) is 6.00. The molecule has 0 aromatic carbocycles. The lowest BCUT2D eigenvalue weighted by Crippen LogP contribution is -2.24. The van der Waals surface area contributed by atoms with Crippen LogP contribution in [0.2, 0.25) is 0 Å². The number of anilines is 1. The number of nitrogens with zero attached hydrogens (tertiary/aromatic N) is 2. The Morgan fingerprint density at radius 3 is 2.95 bits per heavy atom. The van der Waals surface area contributed by atoms with Gasteiger partial charge in [0.1, 0.15) is 0 Å². The quantitative estimate of drug-likeness (QED) is 0.847. The highest BCUT2D eigenvalue weighted by molar-refractivity contribution is 5.99. The highest BCUT2D eigenvalue weighted by Gasteiger charge is 2.10. The average molecular weight is 286 g/mol. The Balaban J connectivity index is 2.04. The molecule has 2 heterocycles. The van der Waals surface area contributed by atoms with Gasteiger partial charge in [0.25, 0.3) is 5.91 Å². The van der Waals surface area contributed by atoms with Crippen molar-refractivity contribution < 1.29 is 9.53 Å². The zero-order chi connectivity index (χ0) is 15.1. The highest BCUT2D eigenvalue weighted by Crippen LogP contribution is 2.13. The van der Waals surface area contributed by atoms with Gasteiger partial charge in [0.15, 0.2) is 0 Å². The van der Waals surface area contributed by atoms with E-state index in [1.54, 1.807) is 37.8 Å². The van der Waals surface area contributed by atoms with Gasteiger partial charge in [0.05, 0.1) is 24.6 Å². The Morgan fingerprint density at radius 1 is 1.33 bits per heavy atom. The molecular weight excluding hydrogens is 268 g/mol. The van der Waals surface area contributed by atoms with E-state index in [9.17, 15) is 4.79 Å². The van der Waals surface area contributed by atoms with Crippen LogP contribution in [0.15, 0.2) is 36.8 Å². The van der Waals surface area contributed by atoms with Crippen LogP contribution in [0.5, 0.6) is 5.88 Å². The number of amides is 1. The Morgan fingerprint density at radius 2 is 2.19 bits per heavy atom. The van der Waals surface area contributed by atoms with Crippen LogP contribution in [0.25, 0.3) is 0 Å². The zero-order valence-electron chi connectivity index (χ0n) is 12.1. The molecule has 2 N–H and O–H groups in total. The Hall–Kier alpha value is -2.63. The molecule has 2 aromatic heterocycles. The molecule has 0 aliphatic heterocycles. The van der Waals surface area contributed by atoms with Gasteiger partial charge in [-0.2, -0.15) is 0 Å². The summed E-state index contributed by atoms with van der Waals surface area (Å²) in [6.07, 6.45) is 4.90. The van der Waals surface area contributed by atoms with Gasteiger partial charge in [-0.3, -0.25) is 9.78 Å². The van der Waals surface area contributed by atoms with Crippen LogP contribution in [-0.2, 0) is 6.54 Å². The van der Waals surface area contributed by atoms with Crippen molar-refractivity contribution in [2.24, 2.45) is 0 Å². The van der Waals surface area contributed by atoms with Gasteiger partial charge in [-0.1, -0.05) is 0 Å². The normalized spacial score (nSPS) is 10.0. The van der Waals surface area contributed by atoms with Gasteiger partial charge in [-0.25, -0.2) is 4.98 Å². The van der Waals surface area contributed by atoms with Gasteiger partial charge in [-0.15, -0.1) is 0 Å². The van der Waals surface area contributed by atoms with Crippen molar-refractivity contribution in [1.29, 1.82) is 0 Å². The summed E-state index contributed by atoms with van der Waals surface area (Å²) in [6, 6.07) is 5.32. The largest absolute Gasteiger partial charge is 0.481 e. The molecule has 0 spiro atoms. The van der Waals surface area contributed by atoms with E-state index in [1.807, 2.05) is 13.0 Å². The summed E-state index contributed by atoms with van der Waals surface area (Å²) >= 11 is 0. The number of ether oxygens (including phenoxy) is 1. The fourth-order valence-corrected chi connectivity index (χ4v) is 1.87. The lowest BCUT2D eigenvalue weighted by molar-refractivity contribution is 0.0951. The Bertz CT molecular complexity index is 616. The van der Waals surface area contributed by atoms with Crippen molar-refractivity contribution in [1.82, 2.24) is 15.3 Å². The van der Waals surface area contributed by atoms with Crippen LogP contribution in [0, 0.1) is 0 Å². The molecule has 0 fully saturated rings. The van der Waals surface area contributed by atoms with Crippen LogP contribution < -0.4 is 15.4 Å². The van der Waals surface area contributed by atoms with Gasteiger partial charge in [0.2, 0.25) is 5.88 Å². The molecule has 2 aromatic rings. The molecule has 2 rings (SSSR count). The third kappa shape index (κ3) is 3.92. The van der Waals surface area contributed by atoms with Crippen molar-refractivity contribution in [3.05, 3.63) is 47.9 Å². The van der Waals surface area contributed by atoms with Crippen molar-refractivity contribution >= 4 is 11.6 Å². The van der Waals surface area contributed by atoms with Crippen molar-refractivity contribution in [2.75, 3.05) is 19.0 Å². The summed E-state index contributed by atoms with van der Waals surface area (Å²) in [5.41, 5.74) is 2.23. The zero-order valence-corrected chi connectivity index (χ0v) is 12.1. The van der Waals surface area contributed by atoms with Gasteiger partial charge >= 0.3 is 0 Å². The molecule has 0 unspecified atom stereocenters. The summed E-state index contributed by atoms with van der Waals surface area (Å²) in [5.74, 6) is 0.378. The predicted octanol–water partition coefficient (Wildman–Crippen LogP) is 1.85. The number of carbonyl (C=O) groups excluding carboxylic acids is 1. The van der Waals surface area contributed by atoms with E-state index < -0.39 is 0 Å². The maximum absolute atomic E-state index is 12.2. The predicted molar refractivity (Wildman–Crippen MR) is 80.4 cm³/mol. The maximum Gasteiger partial charge on any atom is 0.253 e. The summed E-state index contributed by atoms with van der Waals surface area (Å²) < 4.78 is 5.06. The van der Waals surface area contributed by atoms with Gasteiger partial charge < -0.3 is 15.4 Å². The third-order valence-electron chi connectivity index (χ3n) is 2.89. The minimum absolute atomic E-state index is 0.149. The number of carbonyl (C=O) groups is 1. The van der Waals surface area contributed by atoms with E-state index in [-0.39, 0.29) is 5.91 Å². The molecule has 0 saturated carbocycles. The summed E-state index contributed by atoms with van der Waals surface area (Å²) in [7, 11) is 1.56. The SMILES string of the molecule is CCNc1cnccc1C(=O)NCc1ccnc(OC)c1. The van der Waals surface area contributed by atoms with Crippen molar-refractivity contribution in [3.63, 3.8) is 0 Å². The number of hydrogen-bond acceptors (Lipinski definition) is 5. The number of hydrogen-bond donors (Lipinski definition) is 2. The first kappa shape index (κ1) is 14.8. The molecule has 6 nitrogen and oxygen atoms in total. The Labute approximate surface area is 123 Å². The molecule has 110 valence electrons. The van der Waals surface area contributed by atoms with E-state index in [0.29, 0.717) is 18.0 Å². The fourth-order valence-electron chi connectivity index (χ4n) is 1.87. The minimum atomic E-state index is -0.149. The number of pyridine rings is 2. The summed E-state index contributed by atoms with van der Waals surface area (Å²) in [6.45, 7) is 3.11. The lowest BCUT2D eigenvalue weighted by atomic mass is 10.2. The van der Waals surface area contributed by atoms with E-state index >= 15 is 0 Å². The van der Waals surface area contributed by atoms with Crippen molar-refractivity contribution in [3.8, 4) is 5.88 Å². The minimum Gasteiger partial charge on any atom is -0.481 e. The molecule has 0 saturated heterocycles. The van der Waals surface area contributed by atoms with Crippen LogP contribution in [0.4, 0.5) is 5.69 Å². The second-order valence-corrected chi connectivity index (χ2v) is 4.34. The molecule has 6 heteroatoms. The highest BCUT2D eigenvalue weighted by atomic mass is 16.5. The van der Waals surface area contributed by atoms with Crippen molar-refractivity contribution in [2.45, 2.75) is 13.5 Å². The molecule has 0 atom stereocenters. The van der Waals surface area contributed by atoms with E-state index in [2.05, 4.69) is 20.6 Å². The number of rotatable bonds is 6. The third-order valence-corrected chi connectivity index (χ3v) is 2.89. The van der Waals surface area contributed by atoms with E-state index in [4.69, 9.17) is 4.74 Å². The molecule has 0 radical (unpaired) electrons. The topological polar surface area (TPSA) is 76.1 Å². The van der Waals surface area contributed by atoms with Crippen LogP contribution in [0.3, 0.4) is 0 Å². The first-order chi connectivity index (χ1) is 10.2. The second kappa shape index (κ2) is 7.23. The Kier molecular flexibility index (Phi) is 5.09. The second-order valence-electron chi connectivity index (χ2n) is 4.34. The molecule has 0 aliphatic carbocycles. The fraction of sp³-hybridized carbons (Fsp3) is 0.267. The number of nitrogens with one attached hydrogen (secondary N) is 2. The van der Waals surface area contributed by atoms with E-state index in [1.165, 1.54) is 0 Å². The lowest BCUT2D eigenvalue weighted by Gasteiger charge is -2.10.